The first-order valence-electron chi connectivity index (χ1n) is 6.87. The second-order valence-electron chi connectivity index (χ2n) is 5.45. The Kier molecular flexibility index (Phi) is 6.81. The van der Waals surface area contributed by atoms with Crippen molar-refractivity contribution in [3.8, 4) is 0 Å². The molecule has 0 saturated heterocycles. The molecule has 21 heavy (non-hydrogen) atoms. The van der Waals surface area contributed by atoms with Gasteiger partial charge in [-0.2, -0.15) is 0 Å². The van der Waals surface area contributed by atoms with Gasteiger partial charge < -0.3 is 5.32 Å². The van der Waals surface area contributed by atoms with Gasteiger partial charge in [-0.05, 0) is 30.7 Å². The number of benzene rings is 1. The Morgan fingerprint density at radius 2 is 2.05 bits per heavy atom. The van der Waals surface area contributed by atoms with E-state index in [1.165, 1.54) is 12.1 Å². The number of hydrogen-bond acceptors (Lipinski definition) is 3. The molecule has 116 valence electrons. The lowest BCUT2D eigenvalue weighted by Gasteiger charge is -2.16. The van der Waals surface area contributed by atoms with Crippen LogP contribution >= 0.6 is 0 Å². The number of nitrogens with zero attached hydrogens (tertiary/aromatic N) is 1. The molecule has 3 amide bonds. The number of nitrogens with one attached hydrogen (secondary N) is 2. The number of urea groups is 1. The molecule has 1 aromatic carbocycles. The van der Waals surface area contributed by atoms with Gasteiger partial charge in [0.15, 0.2) is 0 Å². The highest BCUT2D eigenvalue weighted by molar-refractivity contribution is 5.95. The van der Waals surface area contributed by atoms with Crippen LogP contribution in [0.1, 0.15) is 19.4 Å². The quantitative estimate of drug-likeness (QED) is 0.840. The van der Waals surface area contributed by atoms with E-state index in [0.717, 1.165) is 5.56 Å². The predicted molar refractivity (Wildman–Crippen MR) is 79.1 cm³/mol. The van der Waals surface area contributed by atoms with E-state index in [4.69, 9.17) is 0 Å². The molecule has 0 heterocycles. The second-order valence-corrected chi connectivity index (χ2v) is 5.45. The molecule has 0 aliphatic carbocycles. The molecule has 6 heteroatoms. The van der Waals surface area contributed by atoms with Gasteiger partial charge in [0.1, 0.15) is 5.82 Å². The van der Waals surface area contributed by atoms with Gasteiger partial charge >= 0.3 is 6.03 Å². The van der Waals surface area contributed by atoms with E-state index in [1.807, 2.05) is 13.8 Å². The molecule has 2 N–H and O–H groups in total. The lowest BCUT2D eigenvalue weighted by Crippen LogP contribution is -2.44. The Hall–Kier alpha value is -1.95. The summed E-state index contributed by atoms with van der Waals surface area (Å²) in [6.45, 7) is 4.94. The number of carbonyl (C=O) groups is 2. The van der Waals surface area contributed by atoms with Crippen LogP contribution in [0.15, 0.2) is 24.3 Å². The van der Waals surface area contributed by atoms with Crippen molar-refractivity contribution in [2.75, 3.05) is 20.1 Å². The van der Waals surface area contributed by atoms with E-state index in [1.54, 1.807) is 24.1 Å². The van der Waals surface area contributed by atoms with Crippen molar-refractivity contribution in [1.29, 1.82) is 0 Å². The largest absolute Gasteiger partial charge is 0.338 e. The van der Waals surface area contributed by atoms with Gasteiger partial charge in [-0.1, -0.05) is 26.0 Å². The third-order valence-corrected chi connectivity index (χ3v) is 2.68. The molecule has 0 unspecified atom stereocenters. The van der Waals surface area contributed by atoms with Crippen LogP contribution in [0.25, 0.3) is 0 Å². The van der Waals surface area contributed by atoms with Gasteiger partial charge in [0, 0.05) is 13.1 Å². The minimum absolute atomic E-state index is 0.0611. The number of halogens is 1. The number of amides is 3. The van der Waals surface area contributed by atoms with Crippen molar-refractivity contribution in [3.63, 3.8) is 0 Å². The third kappa shape index (κ3) is 7.41. The summed E-state index contributed by atoms with van der Waals surface area (Å²) in [7, 11) is 1.73. The number of rotatable bonds is 6. The Morgan fingerprint density at radius 3 is 2.67 bits per heavy atom. The maximum absolute atomic E-state index is 13.1. The van der Waals surface area contributed by atoms with E-state index >= 15 is 0 Å². The zero-order valence-electron chi connectivity index (χ0n) is 12.6. The average Bonchev–Trinajstić information content (AvgIpc) is 2.35. The fourth-order valence-electron chi connectivity index (χ4n) is 1.76. The minimum Gasteiger partial charge on any atom is -0.338 e. The highest BCUT2D eigenvalue weighted by atomic mass is 19.1. The van der Waals surface area contributed by atoms with E-state index < -0.39 is 11.9 Å². The van der Waals surface area contributed by atoms with Crippen LogP contribution in [0.2, 0.25) is 0 Å². The Balaban J connectivity index is 2.35. The summed E-state index contributed by atoms with van der Waals surface area (Å²) in [4.78, 5) is 24.8. The summed E-state index contributed by atoms with van der Waals surface area (Å²) in [5.74, 6) is -0.380. The van der Waals surface area contributed by atoms with Gasteiger partial charge in [-0.25, -0.2) is 9.18 Å². The number of hydrogen-bond donors (Lipinski definition) is 2. The van der Waals surface area contributed by atoms with E-state index in [0.29, 0.717) is 19.0 Å². The van der Waals surface area contributed by atoms with Crippen LogP contribution in [-0.2, 0) is 11.3 Å². The average molecular weight is 295 g/mol. The molecular weight excluding hydrogens is 273 g/mol. The Morgan fingerprint density at radius 1 is 1.33 bits per heavy atom. The Bertz CT molecular complexity index is 492. The summed E-state index contributed by atoms with van der Waals surface area (Å²) >= 11 is 0. The predicted octanol–water partition coefficient (Wildman–Crippen LogP) is 1.74. The number of likely N-dealkylation sites (N-methyl/N-ethyl adjacent to an activating group) is 1. The number of imide groups is 1. The molecule has 1 rings (SSSR count). The van der Waals surface area contributed by atoms with Gasteiger partial charge in [-0.3, -0.25) is 15.0 Å². The molecule has 0 aromatic heterocycles. The zero-order chi connectivity index (χ0) is 15.8. The van der Waals surface area contributed by atoms with Crippen LogP contribution in [0.3, 0.4) is 0 Å². The molecule has 0 saturated carbocycles. The first-order chi connectivity index (χ1) is 9.86. The highest BCUT2D eigenvalue weighted by Gasteiger charge is 2.11. The summed E-state index contributed by atoms with van der Waals surface area (Å²) in [5, 5.41) is 4.86. The fraction of sp³-hybridized carbons (Fsp3) is 0.467. The van der Waals surface area contributed by atoms with Crippen molar-refractivity contribution in [1.82, 2.24) is 15.5 Å². The van der Waals surface area contributed by atoms with Crippen LogP contribution in [-0.4, -0.2) is 37.0 Å². The van der Waals surface area contributed by atoms with E-state index in [-0.39, 0.29) is 12.4 Å². The van der Waals surface area contributed by atoms with Crippen molar-refractivity contribution in [2.24, 2.45) is 5.92 Å². The van der Waals surface area contributed by atoms with Crippen molar-refractivity contribution in [3.05, 3.63) is 35.6 Å². The first kappa shape index (κ1) is 17.1. The lowest BCUT2D eigenvalue weighted by atomic mass is 10.2. The number of carbonyl (C=O) groups excluding carboxylic acids is 2. The summed E-state index contributed by atoms with van der Waals surface area (Å²) < 4.78 is 13.1. The normalized spacial score (nSPS) is 10.8. The molecule has 0 aliphatic heterocycles. The summed E-state index contributed by atoms with van der Waals surface area (Å²) in [6, 6.07) is 5.71. The van der Waals surface area contributed by atoms with Crippen LogP contribution < -0.4 is 10.6 Å². The van der Waals surface area contributed by atoms with E-state index in [2.05, 4.69) is 10.6 Å². The molecule has 0 fully saturated rings. The standard InChI is InChI=1S/C15H22FN3O2/c1-11(2)8-17-15(21)18-14(20)10-19(3)9-12-5-4-6-13(16)7-12/h4-7,11H,8-10H2,1-3H3,(H2,17,18,20,21). The monoisotopic (exact) mass is 295 g/mol. The van der Waals surface area contributed by atoms with Gasteiger partial charge in [-0.15, -0.1) is 0 Å². The molecule has 0 spiro atoms. The summed E-state index contributed by atoms with van der Waals surface area (Å²) in [5.41, 5.74) is 0.773. The molecule has 0 bridgehead atoms. The molecule has 1 aromatic rings. The third-order valence-electron chi connectivity index (χ3n) is 2.68. The highest BCUT2D eigenvalue weighted by Crippen LogP contribution is 2.05. The second kappa shape index (κ2) is 8.36. The van der Waals surface area contributed by atoms with Gasteiger partial charge in [0.25, 0.3) is 0 Å². The van der Waals surface area contributed by atoms with Crippen LogP contribution in [0.5, 0.6) is 0 Å². The smallest absolute Gasteiger partial charge is 0.321 e. The van der Waals surface area contributed by atoms with Gasteiger partial charge in [0.05, 0.1) is 6.54 Å². The summed E-state index contributed by atoms with van der Waals surface area (Å²) in [6.07, 6.45) is 0. The van der Waals surface area contributed by atoms with Gasteiger partial charge in [0.2, 0.25) is 5.91 Å². The maximum atomic E-state index is 13.1. The van der Waals surface area contributed by atoms with Crippen LogP contribution in [0.4, 0.5) is 9.18 Å². The molecule has 0 atom stereocenters. The van der Waals surface area contributed by atoms with E-state index in [9.17, 15) is 14.0 Å². The molecule has 0 aliphatic rings. The molecule has 0 radical (unpaired) electrons. The lowest BCUT2D eigenvalue weighted by molar-refractivity contribution is -0.120. The molecular formula is C15H22FN3O2. The SMILES string of the molecule is CC(C)CNC(=O)NC(=O)CN(C)Cc1cccc(F)c1. The maximum Gasteiger partial charge on any atom is 0.321 e. The van der Waals surface area contributed by atoms with Crippen molar-refractivity contribution < 1.29 is 14.0 Å². The minimum atomic E-state index is -0.493. The van der Waals surface area contributed by atoms with Crippen molar-refractivity contribution >= 4 is 11.9 Å². The molecule has 5 nitrogen and oxygen atoms in total. The first-order valence-corrected chi connectivity index (χ1v) is 6.87. The van der Waals surface area contributed by atoms with Crippen LogP contribution in [0, 0.1) is 11.7 Å². The topological polar surface area (TPSA) is 61.4 Å². The Labute approximate surface area is 124 Å². The zero-order valence-corrected chi connectivity index (χ0v) is 12.6. The fourth-order valence-corrected chi connectivity index (χ4v) is 1.76. The van der Waals surface area contributed by atoms with Crippen molar-refractivity contribution in [2.45, 2.75) is 20.4 Å².